The fourth-order valence-electron chi connectivity index (χ4n) is 4.39. The predicted molar refractivity (Wildman–Crippen MR) is 114 cm³/mol. The number of nitriles is 1. The standard InChI is InChI=1S/C22H19BFN5O/c1-14-11-28-12-15(10-18(24)21(28)26-14)19-3-2-17-20(27-19)6-9-29(22(17)30)16-4-7-23(13-25)8-5-16/h2-3,6,9-12,16H,4-5,7-8H2,1H3. The molecule has 148 valence electrons. The van der Waals surface area contributed by atoms with Gasteiger partial charge in [0.15, 0.2) is 11.5 Å². The first-order valence-electron chi connectivity index (χ1n) is 10.1. The second kappa shape index (κ2) is 7.10. The van der Waals surface area contributed by atoms with Gasteiger partial charge in [-0.1, -0.05) is 12.6 Å². The Morgan fingerprint density at radius 1 is 1.20 bits per heavy atom. The molecule has 0 spiro atoms. The van der Waals surface area contributed by atoms with E-state index in [9.17, 15) is 9.18 Å². The van der Waals surface area contributed by atoms with Crippen molar-refractivity contribution in [3.63, 3.8) is 0 Å². The molecule has 8 heteroatoms. The van der Waals surface area contributed by atoms with Crippen LogP contribution < -0.4 is 5.56 Å². The van der Waals surface area contributed by atoms with Gasteiger partial charge in [-0.15, -0.1) is 0 Å². The van der Waals surface area contributed by atoms with E-state index >= 15 is 0 Å². The topological polar surface area (TPSA) is 76.0 Å². The van der Waals surface area contributed by atoms with E-state index in [0.29, 0.717) is 22.2 Å². The highest BCUT2D eigenvalue weighted by Crippen LogP contribution is 2.29. The lowest BCUT2D eigenvalue weighted by atomic mass is 9.42. The normalized spacial score (nSPS) is 15.0. The lowest BCUT2D eigenvalue weighted by Crippen LogP contribution is -2.29. The molecule has 1 fully saturated rings. The quantitative estimate of drug-likeness (QED) is 0.477. The third-order valence-corrected chi connectivity index (χ3v) is 5.98. The number of aromatic nitrogens is 4. The van der Waals surface area contributed by atoms with Gasteiger partial charge in [-0.2, -0.15) is 0 Å². The SMILES string of the molecule is Cc1cn2cc(-c3ccc4c(=O)n(C5CCB(C#N)CC5)ccc4n3)cc(F)c2n1. The van der Waals surface area contributed by atoms with Gasteiger partial charge < -0.3 is 8.97 Å². The lowest BCUT2D eigenvalue weighted by Gasteiger charge is -2.25. The highest BCUT2D eigenvalue weighted by Gasteiger charge is 2.26. The van der Waals surface area contributed by atoms with E-state index in [-0.39, 0.29) is 24.0 Å². The first kappa shape index (κ1) is 18.6. The summed E-state index contributed by atoms with van der Waals surface area (Å²) < 4.78 is 17.9. The Morgan fingerprint density at radius 2 is 2.00 bits per heavy atom. The number of rotatable bonds is 2. The van der Waals surface area contributed by atoms with Crippen molar-refractivity contribution in [1.82, 2.24) is 18.9 Å². The average molecular weight is 399 g/mol. The molecule has 0 aliphatic carbocycles. The van der Waals surface area contributed by atoms with Gasteiger partial charge in [0.05, 0.1) is 22.3 Å². The fourth-order valence-corrected chi connectivity index (χ4v) is 4.39. The molecule has 0 unspecified atom stereocenters. The fraction of sp³-hybridized carbons (Fsp3) is 0.273. The molecule has 0 saturated carbocycles. The van der Waals surface area contributed by atoms with Crippen molar-refractivity contribution in [3.05, 3.63) is 64.7 Å². The molecule has 30 heavy (non-hydrogen) atoms. The van der Waals surface area contributed by atoms with Crippen molar-refractivity contribution in [2.75, 3.05) is 0 Å². The summed E-state index contributed by atoms with van der Waals surface area (Å²) >= 11 is 0. The minimum absolute atomic E-state index is 0.0705. The van der Waals surface area contributed by atoms with Gasteiger partial charge in [-0.3, -0.25) is 4.79 Å². The van der Waals surface area contributed by atoms with Crippen LogP contribution in [0, 0.1) is 24.0 Å². The molecule has 6 nitrogen and oxygen atoms in total. The maximum atomic E-state index is 14.5. The summed E-state index contributed by atoms with van der Waals surface area (Å²) in [5.74, 6) is 1.92. The number of hydrogen-bond donors (Lipinski definition) is 0. The molecule has 5 rings (SSSR count). The zero-order chi connectivity index (χ0) is 20.8. The molecule has 4 aromatic heterocycles. The molecule has 1 saturated heterocycles. The van der Waals surface area contributed by atoms with Crippen LogP contribution in [0.4, 0.5) is 4.39 Å². The molecule has 0 N–H and O–H groups in total. The number of pyridine rings is 3. The highest BCUT2D eigenvalue weighted by atomic mass is 19.1. The van der Waals surface area contributed by atoms with Gasteiger partial charge in [-0.25, -0.2) is 19.6 Å². The van der Waals surface area contributed by atoms with Crippen molar-refractivity contribution in [3.8, 4) is 17.2 Å². The van der Waals surface area contributed by atoms with Gasteiger partial charge in [0.2, 0.25) is 0 Å². The summed E-state index contributed by atoms with van der Waals surface area (Å²) in [6, 6.07) is 6.90. The Balaban J connectivity index is 1.53. The number of hydrogen-bond acceptors (Lipinski definition) is 4. The average Bonchev–Trinajstić information content (AvgIpc) is 3.15. The highest BCUT2D eigenvalue weighted by molar-refractivity contribution is 6.67. The first-order chi connectivity index (χ1) is 14.5. The minimum atomic E-state index is -0.411. The molecule has 0 aromatic carbocycles. The summed E-state index contributed by atoms with van der Waals surface area (Å²) in [4.78, 5) is 21.8. The van der Waals surface area contributed by atoms with Crippen molar-refractivity contribution in [2.45, 2.75) is 38.4 Å². The summed E-state index contributed by atoms with van der Waals surface area (Å²) in [5, 5.41) is 9.63. The van der Waals surface area contributed by atoms with Gasteiger partial charge in [0.25, 0.3) is 12.3 Å². The van der Waals surface area contributed by atoms with E-state index in [2.05, 4.69) is 15.9 Å². The number of fused-ring (bicyclic) bond motifs is 2. The smallest absolute Gasteiger partial charge is 0.268 e. The summed E-state index contributed by atoms with van der Waals surface area (Å²) in [6.07, 6.45) is 8.67. The van der Waals surface area contributed by atoms with Gasteiger partial charge in [0, 0.05) is 36.2 Å². The lowest BCUT2D eigenvalue weighted by molar-refractivity contribution is 0.445. The molecular weight excluding hydrogens is 380 g/mol. The summed E-state index contributed by atoms with van der Waals surface area (Å²) in [6.45, 7) is 1.91. The zero-order valence-corrected chi connectivity index (χ0v) is 16.5. The van der Waals surface area contributed by atoms with E-state index in [0.717, 1.165) is 31.2 Å². The van der Waals surface area contributed by atoms with E-state index in [4.69, 9.17) is 5.26 Å². The monoisotopic (exact) mass is 399 g/mol. The van der Waals surface area contributed by atoms with Gasteiger partial charge >= 0.3 is 0 Å². The molecule has 1 aliphatic rings. The molecule has 4 aromatic rings. The minimum Gasteiger partial charge on any atom is -0.312 e. The molecular formula is C22H19BFN5O. The van der Waals surface area contributed by atoms with Crippen molar-refractivity contribution >= 4 is 23.3 Å². The van der Waals surface area contributed by atoms with Crippen LogP contribution in [0.15, 0.2) is 47.7 Å². The second-order valence-electron chi connectivity index (χ2n) is 7.98. The van der Waals surface area contributed by atoms with Crippen LogP contribution >= 0.6 is 0 Å². The number of nitrogens with zero attached hydrogens (tertiary/aromatic N) is 5. The van der Waals surface area contributed by atoms with Crippen LogP contribution in [0.25, 0.3) is 27.8 Å². The molecule has 0 bridgehead atoms. The Kier molecular flexibility index (Phi) is 4.39. The van der Waals surface area contributed by atoms with Crippen molar-refractivity contribution in [1.29, 1.82) is 5.26 Å². The summed E-state index contributed by atoms with van der Waals surface area (Å²) in [7, 11) is 0. The number of aryl methyl sites for hydroxylation is 1. The van der Waals surface area contributed by atoms with E-state index in [1.54, 1.807) is 39.7 Å². The Bertz CT molecular complexity index is 1380. The van der Waals surface area contributed by atoms with Gasteiger partial charge in [-0.05, 0) is 44.0 Å². The second-order valence-corrected chi connectivity index (χ2v) is 7.98. The van der Waals surface area contributed by atoms with Gasteiger partial charge in [0.1, 0.15) is 0 Å². The molecule has 1 aliphatic heterocycles. The Morgan fingerprint density at radius 3 is 2.77 bits per heavy atom. The van der Waals surface area contributed by atoms with E-state index in [1.165, 1.54) is 6.07 Å². The maximum Gasteiger partial charge on any atom is 0.268 e. The van der Waals surface area contributed by atoms with Crippen LogP contribution in [0.2, 0.25) is 12.6 Å². The Hall–Kier alpha value is -3.47. The number of halogens is 1. The molecule has 0 amide bonds. The molecule has 0 radical (unpaired) electrons. The van der Waals surface area contributed by atoms with E-state index < -0.39 is 5.82 Å². The van der Waals surface area contributed by atoms with Crippen LogP contribution in [0.5, 0.6) is 0 Å². The molecule has 0 atom stereocenters. The van der Waals surface area contributed by atoms with Crippen LogP contribution in [-0.4, -0.2) is 25.6 Å². The van der Waals surface area contributed by atoms with Crippen LogP contribution in [0.1, 0.15) is 24.6 Å². The van der Waals surface area contributed by atoms with Crippen LogP contribution in [-0.2, 0) is 0 Å². The van der Waals surface area contributed by atoms with Crippen molar-refractivity contribution in [2.24, 2.45) is 0 Å². The molecule has 5 heterocycles. The Labute approximate surface area is 172 Å². The maximum absolute atomic E-state index is 14.5. The van der Waals surface area contributed by atoms with Crippen LogP contribution in [0.3, 0.4) is 0 Å². The third-order valence-electron chi connectivity index (χ3n) is 5.98. The predicted octanol–water partition coefficient (Wildman–Crippen LogP) is 4.05. The largest absolute Gasteiger partial charge is 0.312 e. The zero-order valence-electron chi connectivity index (χ0n) is 16.5. The van der Waals surface area contributed by atoms with Crippen molar-refractivity contribution < 1.29 is 4.39 Å². The van der Waals surface area contributed by atoms with E-state index in [1.807, 2.05) is 13.0 Å². The first-order valence-corrected chi connectivity index (χ1v) is 10.1. The third kappa shape index (κ3) is 3.07. The number of imidazole rings is 1. The summed E-state index contributed by atoms with van der Waals surface area (Å²) in [5.41, 5.74) is 2.76.